The van der Waals surface area contributed by atoms with Gasteiger partial charge in [0.15, 0.2) is 0 Å². The first-order valence-corrected chi connectivity index (χ1v) is 10.8. The maximum atomic E-state index is 12.5. The lowest BCUT2D eigenvalue weighted by atomic mass is 10.0. The van der Waals surface area contributed by atoms with E-state index in [2.05, 4.69) is 20.4 Å². The molecule has 0 bridgehead atoms. The van der Waals surface area contributed by atoms with Crippen molar-refractivity contribution < 1.29 is 8.42 Å². The molecule has 0 N–H and O–H groups in total. The van der Waals surface area contributed by atoms with Crippen LogP contribution in [0.5, 0.6) is 0 Å². The minimum atomic E-state index is -1.13. The average molecular weight is 325 g/mol. The van der Waals surface area contributed by atoms with Gasteiger partial charge in [0.25, 0.3) is 0 Å². The van der Waals surface area contributed by atoms with E-state index in [9.17, 15) is 8.42 Å². The second kappa shape index (κ2) is 7.92. The van der Waals surface area contributed by atoms with Crippen molar-refractivity contribution in [1.29, 1.82) is 0 Å². The van der Waals surface area contributed by atoms with E-state index in [1.807, 2.05) is 13.0 Å². The highest BCUT2D eigenvalue weighted by atomic mass is 33.1. The van der Waals surface area contributed by atoms with E-state index < -0.39 is 21.6 Å². The molecule has 1 heterocycles. The van der Waals surface area contributed by atoms with E-state index in [1.165, 1.54) is 0 Å². The summed E-state index contributed by atoms with van der Waals surface area (Å²) in [6.07, 6.45) is 3.62. The zero-order valence-corrected chi connectivity index (χ0v) is 14.2. The molecule has 6 atom stereocenters. The Kier molecular flexibility index (Phi) is 7.28. The summed E-state index contributed by atoms with van der Waals surface area (Å²) in [5.74, 6) is 1.40. The molecule has 0 aromatic heterocycles. The zero-order valence-electron chi connectivity index (χ0n) is 10.9. The highest BCUT2D eigenvalue weighted by Gasteiger charge is 2.47. The highest BCUT2D eigenvalue weighted by Crippen LogP contribution is 2.45. The van der Waals surface area contributed by atoms with Crippen LogP contribution in [0, 0.1) is 11.8 Å². The Bertz CT molecular complexity index is 367. The molecule has 18 heavy (non-hydrogen) atoms. The monoisotopic (exact) mass is 324 g/mol. The summed E-state index contributed by atoms with van der Waals surface area (Å²) in [6, 6.07) is 0. The van der Waals surface area contributed by atoms with Gasteiger partial charge in [-0.3, -0.25) is 8.42 Å². The topological polar surface area (TPSA) is 34.1 Å². The molecule has 1 fully saturated rings. The van der Waals surface area contributed by atoms with E-state index in [0.29, 0.717) is 5.92 Å². The van der Waals surface area contributed by atoms with Gasteiger partial charge in [0.2, 0.25) is 0 Å². The molecule has 6 heteroatoms. The second-order valence-electron chi connectivity index (χ2n) is 4.25. The largest absolute Gasteiger partial charge is 0.257 e. The normalized spacial score (nSPS) is 38.1. The lowest BCUT2D eigenvalue weighted by Crippen LogP contribution is -2.22. The van der Waals surface area contributed by atoms with Crippen molar-refractivity contribution in [1.82, 2.24) is 0 Å². The van der Waals surface area contributed by atoms with Crippen molar-refractivity contribution in [2.75, 3.05) is 5.75 Å². The molecule has 0 aromatic rings. The Morgan fingerprint density at radius 3 is 2.61 bits per heavy atom. The molecule has 2 nitrogen and oxygen atoms in total. The summed E-state index contributed by atoms with van der Waals surface area (Å²) in [6.45, 7) is 9.70. The van der Waals surface area contributed by atoms with Crippen molar-refractivity contribution in [3.8, 4) is 0 Å². The second-order valence-corrected chi connectivity index (χ2v) is 10.5. The summed E-state index contributed by atoms with van der Waals surface area (Å²) in [4.78, 5) is 0. The molecule has 0 aliphatic carbocycles. The molecule has 2 unspecified atom stereocenters. The predicted molar refractivity (Wildman–Crippen MR) is 87.2 cm³/mol. The quantitative estimate of drug-likeness (QED) is 0.425. The third-order valence-corrected chi connectivity index (χ3v) is 11.1. The van der Waals surface area contributed by atoms with Crippen LogP contribution < -0.4 is 0 Å². The van der Waals surface area contributed by atoms with Crippen molar-refractivity contribution >= 4 is 43.2 Å². The zero-order chi connectivity index (χ0) is 13.7. The molecule has 1 aliphatic heterocycles. The van der Waals surface area contributed by atoms with Crippen LogP contribution in [-0.4, -0.2) is 23.3 Å². The number of allylic oxidation sites excluding steroid dienone is 1. The third-order valence-electron chi connectivity index (χ3n) is 2.99. The van der Waals surface area contributed by atoms with Crippen molar-refractivity contribution in [3.63, 3.8) is 0 Å². The van der Waals surface area contributed by atoms with Crippen molar-refractivity contribution in [3.05, 3.63) is 24.1 Å². The summed E-state index contributed by atoms with van der Waals surface area (Å²) in [7, 11) is 1.17. The fourth-order valence-corrected chi connectivity index (χ4v) is 10.1. The first kappa shape index (κ1) is 16.5. The Morgan fingerprint density at radius 1 is 1.39 bits per heavy atom. The average Bonchev–Trinajstić information content (AvgIpc) is 2.53. The SMILES string of the molecule is C=CCSS[C@H]1[C@@H](C)[C@H](C)[C@H](S(=O)/C=C/C)S1=O. The third kappa shape index (κ3) is 3.74. The van der Waals surface area contributed by atoms with E-state index in [1.54, 1.807) is 33.1 Å². The predicted octanol–water partition coefficient (Wildman–Crippen LogP) is 3.52. The molecule has 1 aliphatic rings. The summed E-state index contributed by atoms with van der Waals surface area (Å²) in [5.41, 5.74) is 0. The smallest absolute Gasteiger partial charge is 0.118 e. The first-order chi connectivity index (χ1) is 8.54. The van der Waals surface area contributed by atoms with Gasteiger partial charge in [0.1, 0.15) is 4.58 Å². The molecule has 104 valence electrons. The van der Waals surface area contributed by atoms with E-state index in [0.717, 1.165) is 5.75 Å². The van der Waals surface area contributed by atoms with Crippen LogP contribution in [0.25, 0.3) is 0 Å². The van der Waals surface area contributed by atoms with Gasteiger partial charge in [-0.15, -0.1) is 6.58 Å². The summed E-state index contributed by atoms with van der Waals surface area (Å²) >= 11 is 0. The van der Waals surface area contributed by atoms with Crippen molar-refractivity contribution in [2.24, 2.45) is 11.8 Å². The maximum Gasteiger partial charge on any atom is 0.118 e. The summed E-state index contributed by atoms with van der Waals surface area (Å²) < 4.78 is 24.4. The maximum absolute atomic E-state index is 12.5. The fraction of sp³-hybridized carbons (Fsp3) is 0.667. The van der Waals surface area contributed by atoms with Gasteiger partial charge in [-0.05, 0) is 24.2 Å². The lowest BCUT2D eigenvalue weighted by Gasteiger charge is -2.15. The molecule has 1 rings (SSSR count). The van der Waals surface area contributed by atoms with E-state index in [-0.39, 0.29) is 15.1 Å². The highest BCUT2D eigenvalue weighted by molar-refractivity contribution is 8.78. The fourth-order valence-electron chi connectivity index (χ4n) is 1.85. The van der Waals surface area contributed by atoms with Gasteiger partial charge in [-0.1, -0.05) is 47.6 Å². The van der Waals surface area contributed by atoms with E-state index >= 15 is 0 Å². The van der Waals surface area contributed by atoms with Crippen LogP contribution in [0.1, 0.15) is 20.8 Å². The molecular weight excluding hydrogens is 304 g/mol. The van der Waals surface area contributed by atoms with Gasteiger partial charge in [-0.2, -0.15) is 0 Å². The van der Waals surface area contributed by atoms with Crippen molar-refractivity contribution in [2.45, 2.75) is 29.9 Å². The molecule has 0 aromatic carbocycles. The van der Waals surface area contributed by atoms with Crippen LogP contribution in [0.2, 0.25) is 0 Å². The Balaban J connectivity index is 2.76. The van der Waals surface area contributed by atoms with Gasteiger partial charge >= 0.3 is 0 Å². The molecule has 0 radical (unpaired) electrons. The Labute approximate surface area is 123 Å². The number of hydrogen-bond acceptors (Lipinski definition) is 4. The minimum Gasteiger partial charge on any atom is -0.257 e. The molecule has 1 saturated heterocycles. The van der Waals surface area contributed by atoms with Crippen LogP contribution >= 0.6 is 21.6 Å². The van der Waals surface area contributed by atoms with Gasteiger partial charge < -0.3 is 0 Å². The Hall–Kier alpha value is 0.480. The van der Waals surface area contributed by atoms with Crippen LogP contribution in [0.4, 0.5) is 0 Å². The molecule has 0 amide bonds. The van der Waals surface area contributed by atoms with Crippen LogP contribution in [-0.2, 0) is 21.6 Å². The van der Waals surface area contributed by atoms with Crippen LogP contribution in [0.15, 0.2) is 24.1 Å². The Morgan fingerprint density at radius 2 is 2.06 bits per heavy atom. The first-order valence-electron chi connectivity index (χ1n) is 5.85. The standard InChI is InChI=1S/C12H20O2S4/c1-5-7-15-16-11-9(3)10(4)12(18(11)14)17(13)8-6-2/h5-6,8-12H,1,7H2,2-4H3/b8-6+/t9-,10-,11+,12+,17?,18?/m0/s1. The molecular formula is C12H20O2S4. The van der Waals surface area contributed by atoms with Gasteiger partial charge in [0, 0.05) is 5.75 Å². The summed E-state index contributed by atoms with van der Waals surface area (Å²) in [5, 5.41) is 1.66. The number of rotatable bonds is 6. The number of hydrogen-bond donors (Lipinski definition) is 0. The van der Waals surface area contributed by atoms with Gasteiger partial charge in [-0.25, -0.2) is 0 Å². The lowest BCUT2D eigenvalue weighted by molar-refractivity contribution is 0.466. The van der Waals surface area contributed by atoms with E-state index in [4.69, 9.17) is 0 Å². The van der Waals surface area contributed by atoms with Crippen LogP contribution in [0.3, 0.4) is 0 Å². The molecule has 0 spiro atoms. The minimum absolute atomic E-state index is 0.0733. The van der Waals surface area contributed by atoms with Gasteiger partial charge in [0.05, 0.1) is 26.2 Å². The molecule has 0 saturated carbocycles.